The molecule has 1 aromatic carbocycles. The molecule has 0 aliphatic heterocycles. The Morgan fingerprint density at radius 1 is 1.24 bits per heavy atom. The number of ether oxygens (including phenoxy) is 1. The first kappa shape index (κ1) is 16.1. The third kappa shape index (κ3) is 4.88. The van der Waals surface area contributed by atoms with E-state index in [0.29, 0.717) is 5.92 Å². The predicted octanol–water partition coefficient (Wildman–Crippen LogP) is 3.76. The van der Waals surface area contributed by atoms with Gasteiger partial charge in [0.2, 0.25) is 0 Å². The Kier molecular flexibility index (Phi) is 7.07. The molecule has 5 heteroatoms. The van der Waals surface area contributed by atoms with Gasteiger partial charge in [0.05, 0.1) is 0 Å². The SMILES string of the molecule is CCC(C)[C@H](N)c1ccc(OC(F)F)cc1.Cl. The summed E-state index contributed by atoms with van der Waals surface area (Å²) in [6.45, 7) is 1.35. The maximum atomic E-state index is 11.9. The molecular weight excluding hydrogens is 248 g/mol. The Morgan fingerprint density at radius 3 is 2.18 bits per heavy atom. The summed E-state index contributed by atoms with van der Waals surface area (Å²) in [7, 11) is 0. The summed E-state index contributed by atoms with van der Waals surface area (Å²) < 4.78 is 28.1. The Balaban J connectivity index is 0.00000256. The number of hydrogen-bond donors (Lipinski definition) is 1. The summed E-state index contributed by atoms with van der Waals surface area (Å²) in [5.41, 5.74) is 6.95. The molecule has 0 aromatic heterocycles. The van der Waals surface area contributed by atoms with E-state index in [0.717, 1.165) is 12.0 Å². The maximum Gasteiger partial charge on any atom is 0.387 e. The van der Waals surface area contributed by atoms with E-state index in [4.69, 9.17) is 5.73 Å². The summed E-state index contributed by atoms with van der Waals surface area (Å²) >= 11 is 0. The zero-order valence-corrected chi connectivity index (χ0v) is 10.7. The van der Waals surface area contributed by atoms with Crippen LogP contribution in [-0.4, -0.2) is 6.61 Å². The van der Waals surface area contributed by atoms with Crippen molar-refractivity contribution in [1.82, 2.24) is 0 Å². The molecule has 2 nitrogen and oxygen atoms in total. The van der Waals surface area contributed by atoms with Gasteiger partial charge in [0, 0.05) is 6.04 Å². The fourth-order valence-corrected chi connectivity index (χ4v) is 1.45. The van der Waals surface area contributed by atoms with Gasteiger partial charge in [-0.2, -0.15) is 8.78 Å². The van der Waals surface area contributed by atoms with Crippen molar-refractivity contribution < 1.29 is 13.5 Å². The van der Waals surface area contributed by atoms with E-state index in [2.05, 4.69) is 18.6 Å². The summed E-state index contributed by atoms with van der Waals surface area (Å²) in [6, 6.07) is 6.43. The molecule has 98 valence electrons. The quantitative estimate of drug-likeness (QED) is 0.880. The van der Waals surface area contributed by atoms with E-state index < -0.39 is 6.61 Å². The van der Waals surface area contributed by atoms with Gasteiger partial charge >= 0.3 is 6.61 Å². The molecule has 0 saturated carbocycles. The van der Waals surface area contributed by atoms with Crippen molar-refractivity contribution in [3.63, 3.8) is 0 Å². The number of nitrogens with two attached hydrogens (primary N) is 1. The second-order valence-electron chi connectivity index (χ2n) is 3.86. The van der Waals surface area contributed by atoms with Crippen molar-refractivity contribution in [1.29, 1.82) is 0 Å². The molecule has 1 aromatic rings. The molecule has 17 heavy (non-hydrogen) atoms. The Bertz CT molecular complexity index is 319. The number of benzene rings is 1. The van der Waals surface area contributed by atoms with E-state index in [1.54, 1.807) is 12.1 Å². The average molecular weight is 266 g/mol. The third-order valence-corrected chi connectivity index (χ3v) is 2.75. The number of hydrogen-bond acceptors (Lipinski definition) is 2. The lowest BCUT2D eigenvalue weighted by Crippen LogP contribution is -2.18. The summed E-state index contributed by atoms with van der Waals surface area (Å²) in [5, 5.41) is 0. The highest BCUT2D eigenvalue weighted by Gasteiger charge is 2.13. The van der Waals surface area contributed by atoms with E-state index in [1.807, 2.05) is 0 Å². The van der Waals surface area contributed by atoms with Crippen molar-refractivity contribution in [2.75, 3.05) is 0 Å². The van der Waals surface area contributed by atoms with Gasteiger partial charge in [-0.3, -0.25) is 0 Å². The standard InChI is InChI=1S/C12H17F2NO.ClH/c1-3-8(2)11(15)9-4-6-10(7-5-9)16-12(13)14;/h4-8,11-12H,3,15H2,1-2H3;1H/t8?,11-;/m0./s1. The van der Waals surface area contributed by atoms with Crippen LogP contribution in [0.15, 0.2) is 24.3 Å². The Labute approximate surface area is 107 Å². The molecule has 0 spiro atoms. The van der Waals surface area contributed by atoms with Crippen LogP contribution in [-0.2, 0) is 0 Å². The molecule has 0 radical (unpaired) electrons. The molecule has 0 aliphatic rings. The molecule has 1 unspecified atom stereocenters. The van der Waals surface area contributed by atoms with Gasteiger partial charge in [0.15, 0.2) is 0 Å². The summed E-state index contributed by atoms with van der Waals surface area (Å²) in [4.78, 5) is 0. The predicted molar refractivity (Wildman–Crippen MR) is 66.7 cm³/mol. The molecule has 0 amide bonds. The first-order valence-corrected chi connectivity index (χ1v) is 5.35. The molecule has 1 rings (SSSR count). The first-order valence-electron chi connectivity index (χ1n) is 5.35. The fourth-order valence-electron chi connectivity index (χ4n) is 1.45. The van der Waals surface area contributed by atoms with Crippen LogP contribution in [0, 0.1) is 5.92 Å². The van der Waals surface area contributed by atoms with Crippen molar-refractivity contribution in [2.24, 2.45) is 11.7 Å². The molecule has 0 bridgehead atoms. The number of alkyl halides is 2. The fraction of sp³-hybridized carbons (Fsp3) is 0.500. The minimum atomic E-state index is -2.78. The molecule has 2 atom stereocenters. The lowest BCUT2D eigenvalue weighted by atomic mass is 9.93. The average Bonchev–Trinajstić information content (AvgIpc) is 2.27. The van der Waals surface area contributed by atoms with Crippen LogP contribution in [0.1, 0.15) is 31.9 Å². The molecule has 0 saturated heterocycles. The van der Waals surface area contributed by atoms with Gasteiger partial charge < -0.3 is 10.5 Å². The van der Waals surface area contributed by atoms with Gasteiger partial charge in [-0.05, 0) is 23.6 Å². The van der Waals surface area contributed by atoms with Gasteiger partial charge in [-0.25, -0.2) is 0 Å². The van der Waals surface area contributed by atoms with Crippen LogP contribution in [0.25, 0.3) is 0 Å². The molecule has 0 fully saturated rings. The normalized spacial score (nSPS) is 14.0. The van der Waals surface area contributed by atoms with Crippen LogP contribution in [0.3, 0.4) is 0 Å². The van der Waals surface area contributed by atoms with Crippen LogP contribution < -0.4 is 10.5 Å². The maximum absolute atomic E-state index is 11.9. The van der Waals surface area contributed by atoms with Crippen molar-refractivity contribution >= 4 is 12.4 Å². The second kappa shape index (κ2) is 7.45. The monoisotopic (exact) mass is 265 g/mol. The minimum absolute atomic E-state index is 0. The van der Waals surface area contributed by atoms with E-state index in [1.165, 1.54) is 12.1 Å². The van der Waals surface area contributed by atoms with E-state index in [-0.39, 0.29) is 24.2 Å². The second-order valence-corrected chi connectivity index (χ2v) is 3.86. The largest absolute Gasteiger partial charge is 0.435 e. The van der Waals surface area contributed by atoms with Gasteiger partial charge in [0.1, 0.15) is 5.75 Å². The number of rotatable bonds is 5. The highest BCUT2D eigenvalue weighted by atomic mass is 35.5. The lowest BCUT2D eigenvalue weighted by molar-refractivity contribution is -0.0498. The van der Waals surface area contributed by atoms with E-state index in [9.17, 15) is 8.78 Å². The van der Waals surface area contributed by atoms with Crippen molar-refractivity contribution in [3.8, 4) is 5.75 Å². The van der Waals surface area contributed by atoms with Crippen LogP contribution in [0.2, 0.25) is 0 Å². The zero-order valence-electron chi connectivity index (χ0n) is 9.90. The van der Waals surface area contributed by atoms with Crippen LogP contribution >= 0.6 is 12.4 Å². The van der Waals surface area contributed by atoms with Gasteiger partial charge in [0.25, 0.3) is 0 Å². The Hall–Kier alpha value is -0.870. The first-order chi connectivity index (χ1) is 7.54. The number of halogens is 3. The lowest BCUT2D eigenvalue weighted by Gasteiger charge is -2.18. The van der Waals surface area contributed by atoms with E-state index >= 15 is 0 Å². The third-order valence-electron chi connectivity index (χ3n) is 2.75. The molecule has 0 heterocycles. The van der Waals surface area contributed by atoms with Crippen LogP contribution in [0.5, 0.6) is 5.75 Å². The van der Waals surface area contributed by atoms with Gasteiger partial charge in [-0.15, -0.1) is 12.4 Å². The molecular formula is C12H18ClF2NO. The van der Waals surface area contributed by atoms with Crippen LogP contribution in [0.4, 0.5) is 8.78 Å². The smallest absolute Gasteiger partial charge is 0.387 e. The minimum Gasteiger partial charge on any atom is -0.435 e. The van der Waals surface area contributed by atoms with Crippen molar-refractivity contribution in [3.05, 3.63) is 29.8 Å². The molecule has 0 aliphatic carbocycles. The van der Waals surface area contributed by atoms with Gasteiger partial charge in [-0.1, -0.05) is 32.4 Å². The topological polar surface area (TPSA) is 35.2 Å². The Morgan fingerprint density at radius 2 is 1.76 bits per heavy atom. The molecule has 2 N–H and O–H groups in total. The highest BCUT2D eigenvalue weighted by molar-refractivity contribution is 5.85. The zero-order chi connectivity index (χ0) is 12.1. The van der Waals surface area contributed by atoms with Crippen molar-refractivity contribution in [2.45, 2.75) is 32.9 Å². The summed E-state index contributed by atoms with van der Waals surface area (Å²) in [5.74, 6) is 0.525. The highest BCUT2D eigenvalue weighted by Crippen LogP contribution is 2.24. The summed E-state index contributed by atoms with van der Waals surface area (Å²) in [6.07, 6.45) is 0.983.